The van der Waals surface area contributed by atoms with Crippen molar-refractivity contribution < 1.29 is 0 Å². The summed E-state index contributed by atoms with van der Waals surface area (Å²) in [5.41, 5.74) is 1.36. The number of hydrogen-bond donors (Lipinski definition) is 1. The fraction of sp³-hybridized carbons (Fsp3) is 0.600. The predicted molar refractivity (Wildman–Crippen MR) is 75.1 cm³/mol. The molecule has 96 valence electrons. The van der Waals surface area contributed by atoms with E-state index in [9.17, 15) is 0 Å². The van der Waals surface area contributed by atoms with E-state index in [-0.39, 0.29) is 0 Å². The normalized spacial score (nSPS) is 13.3. The van der Waals surface area contributed by atoms with Crippen molar-refractivity contribution in [2.24, 2.45) is 5.92 Å². The van der Waals surface area contributed by atoms with Crippen LogP contribution in [0, 0.1) is 5.92 Å². The molecule has 0 spiro atoms. The van der Waals surface area contributed by atoms with Crippen LogP contribution in [-0.2, 0) is 6.54 Å². The van der Waals surface area contributed by atoms with E-state index in [4.69, 9.17) is 0 Å². The van der Waals surface area contributed by atoms with Crippen molar-refractivity contribution in [2.45, 2.75) is 32.9 Å². The van der Waals surface area contributed by atoms with Gasteiger partial charge in [-0.3, -0.25) is 0 Å². The van der Waals surface area contributed by atoms with Gasteiger partial charge >= 0.3 is 0 Å². The molecule has 1 aromatic rings. The van der Waals surface area contributed by atoms with E-state index in [1.807, 2.05) is 0 Å². The first-order valence-electron chi connectivity index (χ1n) is 6.50. The third-order valence-electron chi connectivity index (χ3n) is 2.78. The van der Waals surface area contributed by atoms with E-state index in [0.29, 0.717) is 6.04 Å². The van der Waals surface area contributed by atoms with Crippen LogP contribution >= 0.6 is 0 Å². The van der Waals surface area contributed by atoms with Gasteiger partial charge in [-0.25, -0.2) is 0 Å². The summed E-state index contributed by atoms with van der Waals surface area (Å²) in [5.74, 6) is 0.739. The first-order valence-corrected chi connectivity index (χ1v) is 6.50. The molecule has 0 fully saturated rings. The van der Waals surface area contributed by atoms with Crippen LogP contribution in [0.5, 0.6) is 0 Å². The van der Waals surface area contributed by atoms with Gasteiger partial charge in [0.2, 0.25) is 0 Å². The van der Waals surface area contributed by atoms with Crippen molar-refractivity contribution in [1.82, 2.24) is 10.2 Å². The van der Waals surface area contributed by atoms with Gasteiger partial charge < -0.3 is 10.2 Å². The number of likely N-dealkylation sites (N-methyl/N-ethyl adjacent to an activating group) is 1. The Morgan fingerprint density at radius 3 is 2.29 bits per heavy atom. The highest BCUT2D eigenvalue weighted by molar-refractivity contribution is 5.14. The molecule has 1 atom stereocenters. The molecule has 2 heteroatoms. The van der Waals surface area contributed by atoms with E-state index < -0.39 is 0 Å². The second-order valence-corrected chi connectivity index (χ2v) is 5.46. The maximum atomic E-state index is 3.66. The number of rotatable bonds is 7. The number of nitrogens with zero attached hydrogens (tertiary/aromatic N) is 1. The van der Waals surface area contributed by atoms with Gasteiger partial charge in [-0.1, -0.05) is 44.2 Å². The van der Waals surface area contributed by atoms with Gasteiger partial charge in [-0.2, -0.15) is 0 Å². The molecular formula is C15H26N2. The highest BCUT2D eigenvalue weighted by Gasteiger charge is 2.11. The van der Waals surface area contributed by atoms with Crippen LogP contribution in [0.3, 0.4) is 0 Å². The van der Waals surface area contributed by atoms with Crippen LogP contribution in [0.4, 0.5) is 0 Å². The number of nitrogens with one attached hydrogen (secondary N) is 1. The molecule has 0 saturated heterocycles. The Labute approximate surface area is 106 Å². The van der Waals surface area contributed by atoms with E-state index >= 15 is 0 Å². The zero-order chi connectivity index (χ0) is 12.7. The Kier molecular flexibility index (Phi) is 6.23. The molecule has 1 N–H and O–H groups in total. The number of benzene rings is 1. The van der Waals surface area contributed by atoms with E-state index in [1.165, 1.54) is 12.0 Å². The average Bonchev–Trinajstić information content (AvgIpc) is 2.26. The molecule has 1 unspecified atom stereocenters. The molecule has 0 saturated carbocycles. The lowest BCUT2D eigenvalue weighted by Gasteiger charge is -2.24. The van der Waals surface area contributed by atoms with Crippen LogP contribution in [0.1, 0.15) is 25.8 Å². The lowest BCUT2D eigenvalue weighted by molar-refractivity contribution is 0.305. The maximum absolute atomic E-state index is 3.66. The first kappa shape index (κ1) is 14.2. The predicted octanol–water partition coefficient (Wildman–Crippen LogP) is 2.75. The van der Waals surface area contributed by atoms with Crippen LogP contribution in [0.15, 0.2) is 30.3 Å². The van der Waals surface area contributed by atoms with Crippen LogP contribution in [0.25, 0.3) is 0 Å². The monoisotopic (exact) mass is 234 g/mol. The molecule has 1 rings (SSSR count). The number of hydrogen-bond acceptors (Lipinski definition) is 2. The first-order chi connectivity index (χ1) is 8.08. The molecule has 0 heterocycles. The van der Waals surface area contributed by atoms with Crippen molar-refractivity contribution in [3.63, 3.8) is 0 Å². The van der Waals surface area contributed by atoms with Gasteiger partial charge in [0.05, 0.1) is 0 Å². The molecular weight excluding hydrogens is 208 g/mol. The van der Waals surface area contributed by atoms with Crippen molar-refractivity contribution in [3.05, 3.63) is 35.9 Å². The minimum absolute atomic E-state index is 0.574. The Bertz CT molecular complexity index is 283. The molecule has 0 aliphatic heterocycles. The summed E-state index contributed by atoms with van der Waals surface area (Å²) in [6.45, 7) is 6.64. The molecule has 0 bridgehead atoms. The smallest absolute Gasteiger partial charge is 0.0208 e. The van der Waals surface area contributed by atoms with Crippen molar-refractivity contribution >= 4 is 0 Å². The van der Waals surface area contributed by atoms with Gasteiger partial charge in [0.1, 0.15) is 0 Å². The lowest BCUT2D eigenvalue weighted by Crippen LogP contribution is -2.38. The molecule has 2 nitrogen and oxygen atoms in total. The summed E-state index contributed by atoms with van der Waals surface area (Å²) in [6.07, 6.45) is 1.23. The molecule has 1 aromatic carbocycles. The van der Waals surface area contributed by atoms with Crippen LogP contribution < -0.4 is 5.32 Å². The fourth-order valence-corrected chi connectivity index (χ4v) is 2.09. The van der Waals surface area contributed by atoms with Crippen LogP contribution in [-0.4, -0.2) is 31.6 Å². The van der Waals surface area contributed by atoms with Gasteiger partial charge in [-0.05, 0) is 32.0 Å². The van der Waals surface area contributed by atoms with Gasteiger partial charge in [0.25, 0.3) is 0 Å². The van der Waals surface area contributed by atoms with E-state index in [2.05, 4.69) is 68.5 Å². The zero-order valence-electron chi connectivity index (χ0n) is 11.6. The van der Waals surface area contributed by atoms with Gasteiger partial charge in [0.15, 0.2) is 0 Å². The standard InChI is InChI=1S/C15H26N2/c1-13(2)10-15(12-17(3)4)16-11-14-8-6-5-7-9-14/h5-9,13,15-16H,10-12H2,1-4H3. The minimum atomic E-state index is 0.574. The summed E-state index contributed by atoms with van der Waals surface area (Å²) < 4.78 is 0. The maximum Gasteiger partial charge on any atom is 0.0208 e. The molecule has 0 amide bonds. The van der Waals surface area contributed by atoms with E-state index in [0.717, 1.165) is 19.0 Å². The Morgan fingerprint density at radius 2 is 1.76 bits per heavy atom. The van der Waals surface area contributed by atoms with Crippen molar-refractivity contribution in [1.29, 1.82) is 0 Å². The summed E-state index contributed by atoms with van der Waals surface area (Å²) in [7, 11) is 4.27. The topological polar surface area (TPSA) is 15.3 Å². The quantitative estimate of drug-likeness (QED) is 0.780. The molecule has 0 aromatic heterocycles. The van der Waals surface area contributed by atoms with E-state index in [1.54, 1.807) is 0 Å². The second kappa shape index (κ2) is 7.46. The second-order valence-electron chi connectivity index (χ2n) is 5.46. The summed E-state index contributed by atoms with van der Waals surface area (Å²) in [6, 6.07) is 11.2. The molecule has 17 heavy (non-hydrogen) atoms. The highest BCUT2D eigenvalue weighted by Crippen LogP contribution is 2.07. The summed E-state index contributed by atoms with van der Waals surface area (Å²) in [4.78, 5) is 2.26. The molecule has 0 aliphatic carbocycles. The third-order valence-corrected chi connectivity index (χ3v) is 2.78. The Hall–Kier alpha value is -0.860. The molecule has 0 aliphatic rings. The fourth-order valence-electron chi connectivity index (χ4n) is 2.09. The van der Waals surface area contributed by atoms with Gasteiger partial charge in [0, 0.05) is 19.1 Å². The molecule has 0 radical (unpaired) electrons. The third kappa shape index (κ3) is 6.44. The minimum Gasteiger partial charge on any atom is -0.309 e. The Balaban J connectivity index is 2.43. The lowest BCUT2D eigenvalue weighted by atomic mass is 10.0. The SMILES string of the molecule is CC(C)CC(CN(C)C)NCc1ccccc1. The van der Waals surface area contributed by atoms with Crippen LogP contribution in [0.2, 0.25) is 0 Å². The average molecular weight is 234 g/mol. The Morgan fingerprint density at radius 1 is 1.12 bits per heavy atom. The van der Waals surface area contributed by atoms with Crippen molar-refractivity contribution in [2.75, 3.05) is 20.6 Å². The summed E-state index contributed by atoms with van der Waals surface area (Å²) in [5, 5.41) is 3.66. The van der Waals surface area contributed by atoms with Gasteiger partial charge in [-0.15, -0.1) is 0 Å². The largest absolute Gasteiger partial charge is 0.309 e. The highest BCUT2D eigenvalue weighted by atomic mass is 15.1. The summed E-state index contributed by atoms with van der Waals surface area (Å²) >= 11 is 0. The zero-order valence-corrected chi connectivity index (χ0v) is 11.6. The van der Waals surface area contributed by atoms with Crippen molar-refractivity contribution in [3.8, 4) is 0 Å².